The predicted octanol–water partition coefficient (Wildman–Crippen LogP) is 1.56. The summed E-state index contributed by atoms with van der Waals surface area (Å²) in [6.07, 6.45) is 1.18. The Kier molecular flexibility index (Phi) is 4.03. The number of nitrogens with two attached hydrogens (primary N) is 1. The molecule has 0 radical (unpaired) electrons. The molecule has 0 saturated heterocycles. The first-order valence-corrected chi connectivity index (χ1v) is 6.73. The number of hydrogen-bond acceptors (Lipinski definition) is 6. The minimum atomic E-state index is -0.540. The fraction of sp³-hybridized carbons (Fsp3) is 0.250. The molecular weight excluding hydrogens is 342 g/mol. The largest absolute Gasteiger partial charge is 0.384 e. The van der Waals surface area contributed by atoms with Gasteiger partial charge in [0, 0.05) is 17.3 Å². The third-order valence-electron chi connectivity index (χ3n) is 2.87. The Hall–Kier alpha value is -2.29. The molecule has 2 N–H and O–H groups in total. The van der Waals surface area contributed by atoms with E-state index in [4.69, 9.17) is 5.73 Å². The molecule has 0 amide bonds. The van der Waals surface area contributed by atoms with Crippen LogP contribution in [0, 0.1) is 24.0 Å². The van der Waals surface area contributed by atoms with E-state index in [-0.39, 0.29) is 33.6 Å². The van der Waals surface area contributed by atoms with E-state index in [1.165, 1.54) is 17.7 Å². The molecule has 21 heavy (non-hydrogen) atoms. The van der Waals surface area contributed by atoms with Crippen molar-refractivity contribution in [1.82, 2.24) is 14.5 Å². The van der Waals surface area contributed by atoms with Crippen molar-refractivity contribution in [2.24, 2.45) is 0 Å². The van der Waals surface area contributed by atoms with Crippen molar-refractivity contribution in [1.29, 1.82) is 0 Å². The molecule has 0 bridgehead atoms. The van der Waals surface area contributed by atoms with Crippen molar-refractivity contribution in [3.8, 4) is 0 Å². The zero-order valence-corrected chi connectivity index (χ0v) is 12.9. The fourth-order valence-electron chi connectivity index (χ4n) is 1.88. The molecule has 2 aromatic heterocycles. The van der Waals surface area contributed by atoms with Crippen LogP contribution in [0.3, 0.4) is 0 Å². The minimum absolute atomic E-state index is 0.00440. The smallest absolute Gasteiger partial charge is 0.289 e. The Morgan fingerprint density at radius 1 is 1.43 bits per heavy atom. The summed E-state index contributed by atoms with van der Waals surface area (Å²) in [4.78, 5) is 30.8. The molecule has 0 atom stereocenters. The molecule has 2 rings (SSSR count). The summed E-state index contributed by atoms with van der Waals surface area (Å²) in [6, 6.07) is 1.60. The second kappa shape index (κ2) is 5.60. The van der Waals surface area contributed by atoms with Crippen LogP contribution in [0.1, 0.15) is 17.1 Å². The predicted molar refractivity (Wildman–Crippen MR) is 80.1 cm³/mol. The monoisotopic (exact) mass is 353 g/mol. The first kappa shape index (κ1) is 15.1. The van der Waals surface area contributed by atoms with Gasteiger partial charge in [-0.1, -0.05) is 0 Å². The van der Waals surface area contributed by atoms with Gasteiger partial charge < -0.3 is 10.3 Å². The molecule has 0 unspecified atom stereocenters. The van der Waals surface area contributed by atoms with Gasteiger partial charge in [0.25, 0.3) is 11.2 Å². The molecule has 0 aromatic carbocycles. The highest BCUT2D eigenvalue weighted by atomic mass is 79.9. The Morgan fingerprint density at radius 3 is 2.67 bits per heavy atom. The van der Waals surface area contributed by atoms with Crippen molar-refractivity contribution >= 4 is 27.4 Å². The molecule has 9 heteroatoms. The van der Waals surface area contributed by atoms with Gasteiger partial charge in [0.05, 0.1) is 22.1 Å². The lowest BCUT2D eigenvalue weighted by Gasteiger charge is -2.08. The van der Waals surface area contributed by atoms with Crippen molar-refractivity contribution in [2.75, 3.05) is 5.73 Å². The molecule has 2 heterocycles. The normalized spacial score (nSPS) is 10.6. The standard InChI is InChI=1S/C12H12BrN5O3/c1-6-3-9(14)16-10(15-6)5-17-4-8(18(20)21)7(2)11(13)12(17)19/h3-4H,5H2,1-2H3,(H2,14,15,16). The summed E-state index contributed by atoms with van der Waals surface area (Å²) < 4.78 is 1.33. The molecule has 0 fully saturated rings. The Labute approximate surface area is 127 Å². The van der Waals surface area contributed by atoms with E-state index in [9.17, 15) is 14.9 Å². The Balaban J connectivity index is 2.54. The van der Waals surface area contributed by atoms with Crippen LogP contribution in [0.5, 0.6) is 0 Å². The van der Waals surface area contributed by atoms with Crippen molar-refractivity contribution in [3.05, 3.63) is 54.3 Å². The van der Waals surface area contributed by atoms with Gasteiger partial charge in [-0.3, -0.25) is 14.9 Å². The third-order valence-corrected chi connectivity index (χ3v) is 3.80. The van der Waals surface area contributed by atoms with E-state index >= 15 is 0 Å². The molecule has 0 aliphatic heterocycles. The average molecular weight is 354 g/mol. The summed E-state index contributed by atoms with van der Waals surface area (Å²) >= 11 is 3.09. The summed E-state index contributed by atoms with van der Waals surface area (Å²) in [7, 11) is 0. The number of halogens is 1. The number of hydrogen-bond donors (Lipinski definition) is 1. The van der Waals surface area contributed by atoms with Gasteiger partial charge in [-0.25, -0.2) is 9.97 Å². The summed E-state index contributed by atoms with van der Waals surface area (Å²) in [6.45, 7) is 3.26. The van der Waals surface area contributed by atoms with E-state index < -0.39 is 4.92 Å². The lowest BCUT2D eigenvalue weighted by molar-refractivity contribution is -0.386. The summed E-state index contributed by atoms with van der Waals surface area (Å²) in [5.74, 6) is 0.603. The molecule has 0 aliphatic rings. The SMILES string of the molecule is Cc1cc(N)nc(Cn2cc([N+](=O)[O-])c(C)c(Br)c2=O)n1. The second-order valence-corrected chi connectivity index (χ2v) is 5.29. The van der Waals surface area contributed by atoms with Gasteiger partial charge in [0.1, 0.15) is 5.82 Å². The van der Waals surface area contributed by atoms with E-state index in [0.29, 0.717) is 11.5 Å². The Morgan fingerprint density at radius 2 is 2.10 bits per heavy atom. The maximum absolute atomic E-state index is 12.1. The van der Waals surface area contributed by atoms with E-state index in [2.05, 4.69) is 25.9 Å². The van der Waals surface area contributed by atoms with Crippen LogP contribution in [0.15, 0.2) is 21.5 Å². The van der Waals surface area contributed by atoms with Crippen LogP contribution in [0.25, 0.3) is 0 Å². The average Bonchev–Trinajstić information content (AvgIpc) is 2.38. The Bertz CT molecular complexity index is 767. The van der Waals surface area contributed by atoms with Crippen molar-refractivity contribution in [2.45, 2.75) is 20.4 Å². The number of pyridine rings is 1. The number of nitro groups is 1. The van der Waals surface area contributed by atoms with E-state index in [0.717, 1.165) is 0 Å². The lowest BCUT2D eigenvalue weighted by atomic mass is 10.2. The fourth-order valence-corrected chi connectivity index (χ4v) is 2.31. The number of nitrogens with zero attached hydrogens (tertiary/aromatic N) is 4. The van der Waals surface area contributed by atoms with Crippen LogP contribution >= 0.6 is 15.9 Å². The van der Waals surface area contributed by atoms with Crippen LogP contribution < -0.4 is 11.3 Å². The summed E-state index contributed by atoms with van der Waals surface area (Å²) in [5, 5.41) is 11.0. The first-order chi connectivity index (χ1) is 9.79. The van der Waals surface area contributed by atoms with Crippen LogP contribution in [-0.4, -0.2) is 19.5 Å². The van der Waals surface area contributed by atoms with Crippen molar-refractivity contribution in [3.63, 3.8) is 0 Å². The van der Waals surface area contributed by atoms with Crippen LogP contribution in [-0.2, 0) is 6.54 Å². The molecule has 0 saturated carbocycles. The quantitative estimate of drug-likeness (QED) is 0.660. The number of anilines is 1. The molecule has 0 spiro atoms. The number of aryl methyl sites for hydroxylation is 1. The molecule has 2 aromatic rings. The third kappa shape index (κ3) is 3.07. The number of rotatable bonds is 3. The molecule has 0 aliphatic carbocycles. The zero-order chi connectivity index (χ0) is 15.7. The topological polar surface area (TPSA) is 117 Å². The maximum atomic E-state index is 12.1. The highest BCUT2D eigenvalue weighted by molar-refractivity contribution is 9.10. The van der Waals surface area contributed by atoms with Gasteiger partial charge in [-0.2, -0.15) is 0 Å². The molecular formula is C12H12BrN5O3. The van der Waals surface area contributed by atoms with Gasteiger partial charge >= 0.3 is 0 Å². The number of nitrogen functional groups attached to an aromatic ring is 1. The number of aromatic nitrogens is 3. The van der Waals surface area contributed by atoms with Gasteiger partial charge in [-0.05, 0) is 29.8 Å². The second-order valence-electron chi connectivity index (χ2n) is 4.49. The maximum Gasteiger partial charge on any atom is 0.289 e. The highest BCUT2D eigenvalue weighted by Gasteiger charge is 2.19. The lowest BCUT2D eigenvalue weighted by Crippen LogP contribution is -2.23. The molecule has 110 valence electrons. The minimum Gasteiger partial charge on any atom is -0.384 e. The van der Waals surface area contributed by atoms with Gasteiger partial charge in [0.2, 0.25) is 0 Å². The van der Waals surface area contributed by atoms with Gasteiger partial charge in [0.15, 0.2) is 5.82 Å². The van der Waals surface area contributed by atoms with Crippen molar-refractivity contribution < 1.29 is 4.92 Å². The van der Waals surface area contributed by atoms with Crippen LogP contribution in [0.4, 0.5) is 11.5 Å². The molecule has 8 nitrogen and oxygen atoms in total. The first-order valence-electron chi connectivity index (χ1n) is 5.93. The van der Waals surface area contributed by atoms with E-state index in [1.807, 2.05) is 0 Å². The summed E-state index contributed by atoms with van der Waals surface area (Å²) in [5.41, 5.74) is 6.03. The van der Waals surface area contributed by atoms with Gasteiger partial charge in [-0.15, -0.1) is 0 Å². The highest BCUT2D eigenvalue weighted by Crippen LogP contribution is 2.22. The van der Waals surface area contributed by atoms with Crippen LogP contribution in [0.2, 0.25) is 0 Å². The zero-order valence-electron chi connectivity index (χ0n) is 11.3. The van der Waals surface area contributed by atoms with E-state index in [1.54, 1.807) is 13.0 Å².